The zero-order valence-electron chi connectivity index (χ0n) is 10.2. The van der Waals surface area contributed by atoms with Gasteiger partial charge in [-0.1, -0.05) is 20.8 Å². The molecule has 3 nitrogen and oxygen atoms in total. The van der Waals surface area contributed by atoms with Crippen LogP contribution in [0.4, 0.5) is 0 Å². The zero-order chi connectivity index (χ0) is 11.8. The lowest BCUT2D eigenvalue weighted by Gasteiger charge is -2.19. The van der Waals surface area contributed by atoms with Gasteiger partial charge in [-0.05, 0) is 25.0 Å². The molecule has 0 aliphatic rings. The van der Waals surface area contributed by atoms with Crippen molar-refractivity contribution in [2.45, 2.75) is 45.7 Å². The van der Waals surface area contributed by atoms with E-state index in [0.717, 1.165) is 18.6 Å². The molecule has 15 heavy (non-hydrogen) atoms. The normalized spacial score (nSPS) is 15.1. The quantitative estimate of drug-likeness (QED) is 0.701. The Balaban J connectivity index is 3.98. The first kappa shape index (κ1) is 14.8. The second-order valence-corrected chi connectivity index (χ2v) is 5.22. The lowest BCUT2D eigenvalue weighted by atomic mass is 10.0. The van der Waals surface area contributed by atoms with Crippen molar-refractivity contribution >= 4 is 17.7 Å². The first-order chi connectivity index (χ1) is 7.01. The molecule has 0 aliphatic carbocycles. The minimum atomic E-state index is -0.360. The summed E-state index contributed by atoms with van der Waals surface area (Å²) in [6.45, 7) is 6.23. The van der Waals surface area contributed by atoms with E-state index in [1.54, 1.807) is 11.8 Å². The molecule has 1 amide bonds. The lowest BCUT2D eigenvalue weighted by Crippen LogP contribution is -2.46. The fraction of sp³-hybridized carbons (Fsp3) is 0.909. The van der Waals surface area contributed by atoms with Crippen molar-refractivity contribution in [1.82, 2.24) is 5.32 Å². The van der Waals surface area contributed by atoms with E-state index in [2.05, 4.69) is 26.1 Å². The average molecular weight is 232 g/mol. The molecular weight excluding hydrogens is 208 g/mol. The predicted molar refractivity (Wildman–Crippen MR) is 68.0 cm³/mol. The first-order valence-corrected chi connectivity index (χ1v) is 6.95. The van der Waals surface area contributed by atoms with E-state index in [1.165, 1.54) is 0 Å². The van der Waals surface area contributed by atoms with Gasteiger partial charge in [0.2, 0.25) is 5.91 Å². The van der Waals surface area contributed by atoms with Crippen LogP contribution in [0.3, 0.4) is 0 Å². The molecule has 0 radical (unpaired) electrons. The Morgan fingerprint density at radius 2 is 2.07 bits per heavy atom. The molecule has 0 spiro atoms. The maximum atomic E-state index is 11.7. The number of thioether (sulfide) groups is 1. The van der Waals surface area contributed by atoms with E-state index >= 15 is 0 Å². The molecule has 2 atom stereocenters. The van der Waals surface area contributed by atoms with Crippen molar-refractivity contribution in [2.24, 2.45) is 11.7 Å². The Morgan fingerprint density at radius 1 is 1.47 bits per heavy atom. The summed E-state index contributed by atoms with van der Waals surface area (Å²) in [5.41, 5.74) is 5.80. The van der Waals surface area contributed by atoms with Crippen LogP contribution < -0.4 is 11.1 Å². The molecule has 0 aliphatic heterocycles. The molecule has 0 heterocycles. The van der Waals surface area contributed by atoms with Gasteiger partial charge >= 0.3 is 0 Å². The van der Waals surface area contributed by atoms with Gasteiger partial charge in [0.1, 0.15) is 0 Å². The Hall–Kier alpha value is -0.220. The number of nitrogens with two attached hydrogens (primary N) is 1. The molecule has 0 rings (SSSR count). The minimum Gasteiger partial charge on any atom is -0.351 e. The number of nitrogens with one attached hydrogen (secondary N) is 1. The second kappa shape index (κ2) is 7.99. The maximum Gasteiger partial charge on any atom is 0.237 e. The Morgan fingerprint density at radius 3 is 2.47 bits per heavy atom. The number of hydrogen-bond donors (Lipinski definition) is 2. The van der Waals surface area contributed by atoms with Gasteiger partial charge in [0.15, 0.2) is 0 Å². The van der Waals surface area contributed by atoms with Gasteiger partial charge in [0.25, 0.3) is 0 Å². The van der Waals surface area contributed by atoms with Crippen LogP contribution in [-0.4, -0.2) is 30.0 Å². The molecule has 4 heteroatoms. The fourth-order valence-electron chi connectivity index (χ4n) is 1.39. The van der Waals surface area contributed by atoms with E-state index in [4.69, 9.17) is 5.73 Å². The van der Waals surface area contributed by atoms with Crippen LogP contribution in [0.25, 0.3) is 0 Å². The molecule has 0 aromatic heterocycles. The van der Waals surface area contributed by atoms with Crippen molar-refractivity contribution in [3.63, 3.8) is 0 Å². The Labute approximate surface area is 97.6 Å². The van der Waals surface area contributed by atoms with Crippen LogP contribution in [0.1, 0.15) is 33.6 Å². The molecule has 0 aromatic carbocycles. The number of carbonyl (C=O) groups is 1. The molecule has 1 unspecified atom stereocenters. The third-order valence-electron chi connectivity index (χ3n) is 2.27. The van der Waals surface area contributed by atoms with E-state index in [0.29, 0.717) is 5.92 Å². The number of hydrogen-bond acceptors (Lipinski definition) is 3. The van der Waals surface area contributed by atoms with Crippen molar-refractivity contribution < 1.29 is 4.79 Å². The van der Waals surface area contributed by atoms with E-state index < -0.39 is 0 Å². The lowest BCUT2D eigenvalue weighted by molar-refractivity contribution is -0.123. The summed E-state index contributed by atoms with van der Waals surface area (Å²) in [6, 6.07) is -0.105. The highest BCUT2D eigenvalue weighted by Gasteiger charge is 2.17. The summed E-state index contributed by atoms with van der Waals surface area (Å²) in [7, 11) is 0. The standard InChI is InChI=1S/C11H24N2OS/c1-5-9(7-15-4)13-11(14)10(12)6-8(2)3/h8-10H,5-7,12H2,1-4H3,(H,13,14)/t9?,10-/m1/s1. The average Bonchev–Trinajstić information content (AvgIpc) is 2.15. The predicted octanol–water partition coefficient (Wildman–Crippen LogP) is 1.62. The Kier molecular flexibility index (Phi) is 7.88. The van der Waals surface area contributed by atoms with Gasteiger partial charge in [0, 0.05) is 11.8 Å². The highest BCUT2D eigenvalue weighted by atomic mass is 32.2. The van der Waals surface area contributed by atoms with E-state index in [1.807, 2.05) is 6.26 Å². The Bertz CT molecular complexity index is 185. The monoisotopic (exact) mass is 232 g/mol. The van der Waals surface area contributed by atoms with Gasteiger partial charge in [0.05, 0.1) is 6.04 Å². The van der Waals surface area contributed by atoms with E-state index in [-0.39, 0.29) is 18.0 Å². The summed E-state index contributed by atoms with van der Waals surface area (Å²) in [5, 5.41) is 2.99. The highest BCUT2D eigenvalue weighted by molar-refractivity contribution is 7.98. The minimum absolute atomic E-state index is 0.00963. The molecule has 0 saturated carbocycles. The molecule has 0 saturated heterocycles. The van der Waals surface area contributed by atoms with Gasteiger partial charge in [-0.25, -0.2) is 0 Å². The van der Waals surface area contributed by atoms with Crippen LogP contribution in [0.15, 0.2) is 0 Å². The van der Waals surface area contributed by atoms with Gasteiger partial charge in [-0.3, -0.25) is 4.79 Å². The van der Waals surface area contributed by atoms with Crippen LogP contribution in [-0.2, 0) is 4.79 Å². The second-order valence-electron chi connectivity index (χ2n) is 4.31. The number of amides is 1. The van der Waals surface area contributed by atoms with Crippen molar-refractivity contribution in [3.8, 4) is 0 Å². The van der Waals surface area contributed by atoms with Gasteiger partial charge in [-0.15, -0.1) is 0 Å². The molecule has 0 fully saturated rings. The molecular formula is C11H24N2OS. The van der Waals surface area contributed by atoms with Gasteiger partial charge < -0.3 is 11.1 Å². The number of rotatable bonds is 7. The van der Waals surface area contributed by atoms with Crippen molar-refractivity contribution in [2.75, 3.05) is 12.0 Å². The maximum absolute atomic E-state index is 11.7. The van der Waals surface area contributed by atoms with Crippen LogP contribution in [0, 0.1) is 5.92 Å². The molecule has 0 bridgehead atoms. The fourth-order valence-corrected chi connectivity index (χ4v) is 2.11. The van der Waals surface area contributed by atoms with E-state index in [9.17, 15) is 4.79 Å². The third-order valence-corrected chi connectivity index (χ3v) is 3.00. The first-order valence-electron chi connectivity index (χ1n) is 5.56. The third kappa shape index (κ3) is 6.79. The smallest absolute Gasteiger partial charge is 0.237 e. The molecule has 0 aromatic rings. The van der Waals surface area contributed by atoms with Crippen LogP contribution in [0.5, 0.6) is 0 Å². The summed E-state index contributed by atoms with van der Waals surface area (Å²) in [4.78, 5) is 11.7. The summed E-state index contributed by atoms with van der Waals surface area (Å²) in [6.07, 6.45) is 3.76. The molecule has 90 valence electrons. The largest absolute Gasteiger partial charge is 0.351 e. The molecule has 3 N–H and O–H groups in total. The summed E-state index contributed by atoms with van der Waals surface area (Å²) in [5.74, 6) is 1.41. The van der Waals surface area contributed by atoms with Crippen LogP contribution >= 0.6 is 11.8 Å². The topological polar surface area (TPSA) is 55.1 Å². The SMILES string of the molecule is CCC(CSC)NC(=O)[C@H](N)CC(C)C. The van der Waals surface area contributed by atoms with Crippen LogP contribution in [0.2, 0.25) is 0 Å². The summed E-state index contributed by atoms with van der Waals surface area (Å²) < 4.78 is 0. The van der Waals surface area contributed by atoms with Gasteiger partial charge in [-0.2, -0.15) is 11.8 Å². The van der Waals surface area contributed by atoms with Crippen molar-refractivity contribution in [1.29, 1.82) is 0 Å². The zero-order valence-corrected chi connectivity index (χ0v) is 11.1. The summed E-state index contributed by atoms with van der Waals surface area (Å²) >= 11 is 1.75. The highest BCUT2D eigenvalue weighted by Crippen LogP contribution is 2.05. The van der Waals surface area contributed by atoms with Crippen molar-refractivity contribution in [3.05, 3.63) is 0 Å². The number of carbonyl (C=O) groups excluding carboxylic acids is 1.